The molecule has 7 nitrogen and oxygen atoms in total. The molecule has 7 heteroatoms. The molecular formula is C19H14N6O. The normalized spacial score (nSPS) is 11.3. The van der Waals surface area contributed by atoms with E-state index in [1.807, 2.05) is 36.4 Å². The maximum absolute atomic E-state index is 5.30. The number of rotatable bonds is 3. The number of anilines is 2. The minimum Gasteiger partial charge on any atom is -0.497 e. The van der Waals surface area contributed by atoms with Crippen molar-refractivity contribution in [2.24, 2.45) is 0 Å². The smallest absolute Gasteiger partial charge is 0.140 e. The fraction of sp³-hybridized carbons (Fsp3) is 0.0526. The third-order valence-electron chi connectivity index (χ3n) is 4.30. The van der Waals surface area contributed by atoms with Gasteiger partial charge in [-0.15, -0.1) is 0 Å². The third kappa shape index (κ3) is 2.21. The molecule has 1 N–H and O–H groups in total. The Bertz CT molecular complexity index is 1260. The Morgan fingerprint density at radius 3 is 2.85 bits per heavy atom. The minimum absolute atomic E-state index is 0.723. The van der Waals surface area contributed by atoms with Crippen molar-refractivity contribution in [3.05, 3.63) is 61.3 Å². The zero-order valence-electron chi connectivity index (χ0n) is 13.9. The van der Waals surface area contributed by atoms with Gasteiger partial charge >= 0.3 is 0 Å². The molecule has 1 aromatic carbocycles. The van der Waals surface area contributed by atoms with Crippen LogP contribution in [0.1, 0.15) is 0 Å². The number of methoxy groups -OCH3 is 1. The molecule has 0 amide bonds. The van der Waals surface area contributed by atoms with E-state index in [9.17, 15) is 0 Å². The summed E-state index contributed by atoms with van der Waals surface area (Å²) in [5.41, 5.74) is 3.44. The van der Waals surface area contributed by atoms with Crippen LogP contribution in [0.25, 0.3) is 27.3 Å². The van der Waals surface area contributed by atoms with Gasteiger partial charge in [-0.1, -0.05) is 6.07 Å². The van der Waals surface area contributed by atoms with E-state index in [1.165, 1.54) is 0 Å². The highest BCUT2D eigenvalue weighted by Gasteiger charge is 2.14. The summed E-state index contributed by atoms with van der Waals surface area (Å²) in [5.74, 6) is 1.50. The van der Waals surface area contributed by atoms with Crippen LogP contribution in [0.3, 0.4) is 0 Å². The van der Waals surface area contributed by atoms with Crippen LogP contribution in [0, 0.1) is 0 Å². The molecule has 0 unspecified atom stereocenters. The average molecular weight is 342 g/mol. The van der Waals surface area contributed by atoms with Gasteiger partial charge in [-0.3, -0.25) is 4.98 Å². The summed E-state index contributed by atoms with van der Waals surface area (Å²) in [6.45, 7) is 0. The molecule has 0 bridgehead atoms. The lowest BCUT2D eigenvalue weighted by atomic mass is 10.1. The monoisotopic (exact) mass is 342 g/mol. The Balaban J connectivity index is 1.78. The molecule has 0 atom stereocenters. The van der Waals surface area contributed by atoms with E-state index in [-0.39, 0.29) is 0 Å². The van der Waals surface area contributed by atoms with Crippen LogP contribution in [-0.4, -0.2) is 31.7 Å². The first kappa shape index (κ1) is 14.6. The second-order valence-corrected chi connectivity index (χ2v) is 5.85. The second kappa shape index (κ2) is 5.66. The lowest BCUT2D eigenvalue weighted by Gasteiger charge is -2.10. The number of nitrogens with zero attached hydrogens (tertiary/aromatic N) is 5. The van der Waals surface area contributed by atoms with Crippen molar-refractivity contribution in [3.63, 3.8) is 0 Å². The summed E-state index contributed by atoms with van der Waals surface area (Å²) in [6, 6.07) is 11.6. The fourth-order valence-corrected chi connectivity index (χ4v) is 3.08. The topological polar surface area (TPSA) is 77.2 Å². The molecule has 0 spiro atoms. The quantitative estimate of drug-likeness (QED) is 0.540. The molecule has 0 aliphatic carbocycles. The SMILES string of the molecule is COc1cccc(Nc2nc3c(nn4cnccc34)c3ccncc23)c1. The maximum atomic E-state index is 5.30. The summed E-state index contributed by atoms with van der Waals surface area (Å²) in [5, 5.41) is 9.91. The molecule has 0 radical (unpaired) electrons. The average Bonchev–Trinajstić information content (AvgIpc) is 3.07. The zero-order chi connectivity index (χ0) is 17.5. The summed E-state index contributed by atoms with van der Waals surface area (Å²) in [4.78, 5) is 13.2. The lowest BCUT2D eigenvalue weighted by molar-refractivity contribution is 0.415. The van der Waals surface area contributed by atoms with Crippen LogP contribution in [0.5, 0.6) is 5.75 Å². The Labute approximate surface area is 148 Å². The van der Waals surface area contributed by atoms with Crippen molar-refractivity contribution >= 4 is 38.8 Å². The number of ether oxygens (including phenoxy) is 1. The molecule has 5 aromatic rings. The number of fused-ring (bicyclic) bond motifs is 5. The Morgan fingerprint density at radius 2 is 1.92 bits per heavy atom. The maximum Gasteiger partial charge on any atom is 0.140 e. The highest BCUT2D eigenvalue weighted by atomic mass is 16.5. The summed E-state index contributed by atoms with van der Waals surface area (Å²) in [7, 11) is 1.65. The summed E-state index contributed by atoms with van der Waals surface area (Å²) in [6.07, 6.45) is 6.98. The Hall–Kier alpha value is -3.74. The van der Waals surface area contributed by atoms with E-state index in [0.717, 1.165) is 44.6 Å². The first-order valence-electron chi connectivity index (χ1n) is 8.10. The van der Waals surface area contributed by atoms with E-state index in [4.69, 9.17) is 9.72 Å². The predicted molar refractivity (Wildman–Crippen MR) is 99.9 cm³/mol. The van der Waals surface area contributed by atoms with Crippen LogP contribution in [0.2, 0.25) is 0 Å². The van der Waals surface area contributed by atoms with Crippen molar-refractivity contribution in [3.8, 4) is 5.75 Å². The first-order valence-corrected chi connectivity index (χ1v) is 8.10. The van der Waals surface area contributed by atoms with Crippen LogP contribution < -0.4 is 10.1 Å². The number of benzene rings is 1. The van der Waals surface area contributed by atoms with E-state index >= 15 is 0 Å². The predicted octanol–water partition coefficient (Wildman–Crippen LogP) is 3.58. The molecule has 4 aromatic heterocycles. The molecule has 26 heavy (non-hydrogen) atoms. The summed E-state index contributed by atoms with van der Waals surface area (Å²) < 4.78 is 7.05. The van der Waals surface area contributed by atoms with Gasteiger partial charge in [-0.05, 0) is 24.3 Å². The van der Waals surface area contributed by atoms with Gasteiger partial charge in [0.05, 0.1) is 12.6 Å². The van der Waals surface area contributed by atoms with E-state index in [0.29, 0.717) is 0 Å². The van der Waals surface area contributed by atoms with Crippen LogP contribution in [-0.2, 0) is 0 Å². The van der Waals surface area contributed by atoms with Crippen molar-refractivity contribution in [1.82, 2.24) is 24.6 Å². The van der Waals surface area contributed by atoms with E-state index < -0.39 is 0 Å². The molecule has 4 heterocycles. The second-order valence-electron chi connectivity index (χ2n) is 5.85. The number of hydrogen-bond acceptors (Lipinski definition) is 6. The molecule has 0 aliphatic heterocycles. The van der Waals surface area contributed by atoms with Crippen molar-refractivity contribution in [1.29, 1.82) is 0 Å². The van der Waals surface area contributed by atoms with E-state index in [2.05, 4.69) is 20.4 Å². The number of hydrogen-bond donors (Lipinski definition) is 1. The van der Waals surface area contributed by atoms with Gasteiger partial charge in [0, 0.05) is 41.1 Å². The van der Waals surface area contributed by atoms with Gasteiger partial charge < -0.3 is 10.1 Å². The number of pyridine rings is 2. The molecule has 0 saturated heterocycles. The van der Waals surface area contributed by atoms with Crippen molar-refractivity contribution in [2.75, 3.05) is 12.4 Å². The molecule has 126 valence electrons. The first-order chi connectivity index (χ1) is 12.8. The fourth-order valence-electron chi connectivity index (χ4n) is 3.08. The highest BCUT2D eigenvalue weighted by molar-refractivity contribution is 6.12. The molecular weight excluding hydrogens is 328 g/mol. The van der Waals surface area contributed by atoms with Crippen LogP contribution in [0.4, 0.5) is 11.5 Å². The Morgan fingerprint density at radius 1 is 1.00 bits per heavy atom. The molecule has 5 rings (SSSR count). The molecule has 0 aliphatic rings. The van der Waals surface area contributed by atoms with Crippen molar-refractivity contribution in [2.45, 2.75) is 0 Å². The van der Waals surface area contributed by atoms with Crippen LogP contribution >= 0.6 is 0 Å². The third-order valence-corrected chi connectivity index (χ3v) is 4.30. The van der Waals surface area contributed by atoms with Gasteiger partial charge in [-0.25, -0.2) is 14.5 Å². The molecule has 0 fully saturated rings. The standard InChI is InChI=1S/C19H14N6O/c1-26-13-4-2-3-12(9-13)22-19-15-10-20-7-5-14(15)17-18(23-19)16-6-8-21-11-25(16)24-17/h2-11H,1H3,(H,22,23). The van der Waals surface area contributed by atoms with Gasteiger partial charge in [0.15, 0.2) is 0 Å². The van der Waals surface area contributed by atoms with Crippen molar-refractivity contribution < 1.29 is 4.74 Å². The van der Waals surface area contributed by atoms with Gasteiger partial charge in [-0.2, -0.15) is 5.10 Å². The number of aromatic nitrogens is 5. The van der Waals surface area contributed by atoms with Crippen LogP contribution in [0.15, 0.2) is 61.3 Å². The minimum atomic E-state index is 0.723. The lowest BCUT2D eigenvalue weighted by Crippen LogP contribution is -1.96. The van der Waals surface area contributed by atoms with Gasteiger partial charge in [0.2, 0.25) is 0 Å². The van der Waals surface area contributed by atoms with E-state index in [1.54, 1.807) is 36.5 Å². The molecule has 0 saturated carbocycles. The Kier molecular flexibility index (Phi) is 3.18. The summed E-state index contributed by atoms with van der Waals surface area (Å²) >= 11 is 0. The largest absolute Gasteiger partial charge is 0.497 e. The highest BCUT2D eigenvalue weighted by Crippen LogP contribution is 2.32. The zero-order valence-corrected chi connectivity index (χ0v) is 13.9. The number of nitrogens with one attached hydrogen (secondary N) is 1. The van der Waals surface area contributed by atoms with Gasteiger partial charge in [0.1, 0.15) is 28.9 Å². The van der Waals surface area contributed by atoms with Gasteiger partial charge in [0.25, 0.3) is 0 Å².